The van der Waals surface area contributed by atoms with E-state index in [0.29, 0.717) is 60.1 Å². The number of ether oxygens (including phenoxy) is 1. The second-order valence-electron chi connectivity index (χ2n) is 9.06. The van der Waals surface area contributed by atoms with Crippen molar-refractivity contribution in [3.05, 3.63) is 63.1 Å². The number of hydrogen-bond donors (Lipinski definition) is 0. The Morgan fingerprint density at radius 1 is 0.971 bits per heavy atom. The smallest absolute Gasteiger partial charge is 0.320 e. The number of likely N-dealkylation sites (tertiary alicyclic amines) is 1. The van der Waals surface area contributed by atoms with Crippen LogP contribution in [0.1, 0.15) is 18.4 Å². The molecule has 2 fully saturated rings. The monoisotopic (exact) mass is 559 g/mol. The Hall–Kier alpha value is -1.71. The highest BCUT2D eigenvalue weighted by atomic mass is 35.5. The van der Waals surface area contributed by atoms with E-state index in [4.69, 9.17) is 39.5 Å². The zero-order valence-electron chi connectivity index (χ0n) is 19.5. The van der Waals surface area contributed by atoms with Crippen LogP contribution in [-0.4, -0.2) is 80.2 Å². The molecule has 2 aromatic rings. The van der Waals surface area contributed by atoms with E-state index in [1.165, 1.54) is 10.6 Å². The third kappa shape index (κ3) is 6.17. The molecule has 0 aromatic heterocycles. The fourth-order valence-electron chi connectivity index (χ4n) is 4.81. The first-order valence-corrected chi connectivity index (χ1v) is 14.4. The summed E-state index contributed by atoms with van der Waals surface area (Å²) in [6.07, 6.45) is 0.978. The van der Waals surface area contributed by atoms with Gasteiger partial charge in [-0.1, -0.05) is 46.9 Å². The molecule has 7 nitrogen and oxygen atoms in total. The summed E-state index contributed by atoms with van der Waals surface area (Å²) in [6, 6.07) is 12.7. The van der Waals surface area contributed by atoms with Crippen LogP contribution in [0.4, 0.5) is 4.79 Å². The summed E-state index contributed by atoms with van der Waals surface area (Å²) < 4.78 is 31.3. The zero-order chi connectivity index (χ0) is 25.3. The number of carbonyl (C=O) groups is 1. The Bertz CT molecular complexity index is 1190. The van der Waals surface area contributed by atoms with E-state index >= 15 is 0 Å². The average Bonchev–Trinajstić information content (AvgIpc) is 3.26. The van der Waals surface area contributed by atoms with Gasteiger partial charge in [0.25, 0.3) is 0 Å². The number of urea groups is 1. The Labute approximate surface area is 221 Å². The Balaban J connectivity index is 1.53. The van der Waals surface area contributed by atoms with Crippen molar-refractivity contribution in [1.82, 2.24) is 14.1 Å². The minimum atomic E-state index is -3.27. The van der Waals surface area contributed by atoms with Crippen molar-refractivity contribution >= 4 is 50.9 Å². The molecule has 0 N–H and O–H groups in total. The van der Waals surface area contributed by atoms with Crippen molar-refractivity contribution in [2.75, 3.05) is 45.5 Å². The van der Waals surface area contributed by atoms with Gasteiger partial charge in [-0.2, -0.15) is 4.31 Å². The van der Waals surface area contributed by atoms with Crippen LogP contribution in [0.3, 0.4) is 0 Å². The minimum Gasteiger partial charge on any atom is -0.490 e. The lowest BCUT2D eigenvalue weighted by atomic mass is 9.85. The minimum absolute atomic E-state index is 0.00696. The first-order valence-electron chi connectivity index (χ1n) is 11.4. The van der Waals surface area contributed by atoms with Crippen molar-refractivity contribution in [2.45, 2.75) is 18.9 Å². The second-order valence-corrected chi connectivity index (χ2v) is 12.3. The van der Waals surface area contributed by atoms with Gasteiger partial charge in [0.15, 0.2) is 0 Å². The number of hydrogen-bond acceptors (Lipinski definition) is 4. The molecule has 190 valence electrons. The number of halogens is 3. The van der Waals surface area contributed by atoms with Gasteiger partial charge >= 0.3 is 6.03 Å². The molecule has 0 aliphatic carbocycles. The average molecular weight is 561 g/mol. The molecule has 2 aromatic carbocycles. The molecule has 2 amide bonds. The van der Waals surface area contributed by atoms with E-state index in [2.05, 4.69) is 0 Å². The molecule has 2 aliphatic rings. The lowest BCUT2D eigenvalue weighted by Gasteiger charge is -2.35. The number of rotatable bonds is 5. The molecule has 2 saturated heterocycles. The van der Waals surface area contributed by atoms with E-state index in [-0.39, 0.29) is 24.0 Å². The van der Waals surface area contributed by atoms with Crippen LogP contribution in [0, 0.1) is 5.92 Å². The first-order chi connectivity index (χ1) is 16.5. The van der Waals surface area contributed by atoms with Crippen molar-refractivity contribution in [3.63, 3.8) is 0 Å². The third-order valence-corrected chi connectivity index (χ3v) is 8.98. The predicted molar refractivity (Wildman–Crippen MR) is 139 cm³/mol. The molecule has 35 heavy (non-hydrogen) atoms. The van der Waals surface area contributed by atoms with Crippen LogP contribution in [0.25, 0.3) is 0 Å². The molecule has 2 aliphatic heterocycles. The standard InChI is InChI=1S/C24H28Cl3N3O4S/c1-16(34-19-5-3-4-18(25)13-19)20-14-29(15-21(20)17-6-7-22(26)23(27)12-17)24(31)28-8-10-30(11-9-28)35(2,32)33/h3-7,12-13,16,20-21H,8-11,14-15H2,1-2H3. The molecule has 3 unspecified atom stereocenters. The fourth-order valence-corrected chi connectivity index (χ4v) is 6.12. The van der Waals surface area contributed by atoms with Gasteiger partial charge in [-0.25, -0.2) is 13.2 Å². The van der Waals surface area contributed by atoms with Crippen molar-refractivity contribution in [1.29, 1.82) is 0 Å². The lowest BCUT2D eigenvalue weighted by Crippen LogP contribution is -2.53. The molecule has 0 saturated carbocycles. The number of sulfonamides is 1. The van der Waals surface area contributed by atoms with Gasteiger partial charge in [0, 0.05) is 56.1 Å². The maximum atomic E-state index is 13.4. The van der Waals surface area contributed by atoms with E-state index in [1.54, 1.807) is 23.1 Å². The molecule has 0 bridgehead atoms. The summed E-state index contributed by atoms with van der Waals surface area (Å²) in [4.78, 5) is 17.0. The predicted octanol–water partition coefficient (Wildman–Crippen LogP) is 4.83. The quantitative estimate of drug-likeness (QED) is 0.525. The van der Waals surface area contributed by atoms with Gasteiger partial charge in [-0.15, -0.1) is 0 Å². The summed E-state index contributed by atoms with van der Waals surface area (Å²) >= 11 is 18.6. The van der Waals surface area contributed by atoms with Crippen LogP contribution in [0.2, 0.25) is 15.1 Å². The number of amides is 2. The molecule has 3 atom stereocenters. The molecule has 0 radical (unpaired) electrons. The highest BCUT2D eigenvalue weighted by Crippen LogP contribution is 2.39. The zero-order valence-corrected chi connectivity index (χ0v) is 22.6. The van der Waals surface area contributed by atoms with Crippen molar-refractivity contribution < 1.29 is 17.9 Å². The van der Waals surface area contributed by atoms with E-state index in [0.717, 1.165) is 5.56 Å². The number of benzene rings is 2. The second kappa shape index (κ2) is 10.7. The third-order valence-electron chi connectivity index (χ3n) is 6.71. The fraction of sp³-hybridized carbons (Fsp3) is 0.458. The molecular weight excluding hydrogens is 533 g/mol. The summed E-state index contributed by atoms with van der Waals surface area (Å²) in [7, 11) is -3.27. The Morgan fingerprint density at radius 3 is 2.31 bits per heavy atom. The number of nitrogens with zero attached hydrogens (tertiary/aromatic N) is 3. The van der Waals surface area contributed by atoms with E-state index in [1.807, 2.05) is 36.1 Å². The SMILES string of the molecule is CC(Oc1cccc(Cl)c1)C1CN(C(=O)N2CCN(S(C)(=O)=O)CC2)CC1c1ccc(Cl)c(Cl)c1. The molecule has 0 spiro atoms. The molecule has 2 heterocycles. The van der Waals surface area contributed by atoms with Crippen LogP contribution >= 0.6 is 34.8 Å². The van der Waals surface area contributed by atoms with Gasteiger partial charge in [0.1, 0.15) is 11.9 Å². The van der Waals surface area contributed by atoms with Gasteiger partial charge in [-0.3, -0.25) is 0 Å². The highest BCUT2D eigenvalue weighted by molar-refractivity contribution is 7.88. The van der Waals surface area contributed by atoms with Gasteiger partial charge in [0.2, 0.25) is 10.0 Å². The van der Waals surface area contributed by atoms with Crippen LogP contribution in [0.5, 0.6) is 5.75 Å². The number of piperazine rings is 1. The van der Waals surface area contributed by atoms with Gasteiger partial charge in [-0.05, 0) is 42.8 Å². The maximum Gasteiger partial charge on any atom is 0.320 e. The summed E-state index contributed by atoms with van der Waals surface area (Å²) in [5.74, 6) is 0.646. The largest absolute Gasteiger partial charge is 0.490 e. The molecular formula is C24H28Cl3N3O4S. The first kappa shape index (κ1) is 26.4. The highest BCUT2D eigenvalue weighted by Gasteiger charge is 2.42. The van der Waals surface area contributed by atoms with E-state index < -0.39 is 10.0 Å². The van der Waals surface area contributed by atoms with Gasteiger partial charge in [0.05, 0.1) is 16.3 Å². The van der Waals surface area contributed by atoms with Crippen LogP contribution < -0.4 is 4.74 Å². The van der Waals surface area contributed by atoms with Gasteiger partial charge < -0.3 is 14.5 Å². The molecule has 4 rings (SSSR count). The maximum absolute atomic E-state index is 13.4. The summed E-state index contributed by atoms with van der Waals surface area (Å²) in [6.45, 7) is 4.31. The van der Waals surface area contributed by atoms with E-state index in [9.17, 15) is 13.2 Å². The molecule has 11 heteroatoms. The summed E-state index contributed by atoms with van der Waals surface area (Å²) in [5.41, 5.74) is 0.989. The Morgan fingerprint density at radius 2 is 1.69 bits per heavy atom. The Kier molecular flexibility index (Phi) is 8.08. The van der Waals surface area contributed by atoms with Crippen LogP contribution in [-0.2, 0) is 10.0 Å². The van der Waals surface area contributed by atoms with Crippen LogP contribution in [0.15, 0.2) is 42.5 Å². The van der Waals surface area contributed by atoms with Crippen molar-refractivity contribution in [2.24, 2.45) is 5.92 Å². The lowest BCUT2D eigenvalue weighted by molar-refractivity contribution is 0.129. The van der Waals surface area contributed by atoms with Crippen molar-refractivity contribution in [3.8, 4) is 5.75 Å². The summed E-state index contributed by atoms with van der Waals surface area (Å²) in [5, 5.41) is 1.53. The topological polar surface area (TPSA) is 70.2 Å². The normalized spacial score (nSPS) is 22.3. The number of carbonyl (C=O) groups excluding carboxylic acids is 1.